The topological polar surface area (TPSA) is 61.4 Å². The van der Waals surface area contributed by atoms with Gasteiger partial charge in [-0.25, -0.2) is 0 Å². The van der Waals surface area contributed by atoms with Crippen LogP contribution >= 0.6 is 23.2 Å². The lowest BCUT2D eigenvalue weighted by molar-refractivity contribution is -0.124. The van der Waals surface area contributed by atoms with Gasteiger partial charge < -0.3 is 10.6 Å². The molecular weight excluding hydrogens is 325 g/mol. The Kier molecular flexibility index (Phi) is 7.65. The number of amides is 2. The molecule has 122 valence electrons. The van der Waals surface area contributed by atoms with E-state index in [0.29, 0.717) is 22.3 Å². The van der Waals surface area contributed by atoms with Crippen LogP contribution in [-0.2, 0) is 9.59 Å². The molecule has 0 radical (unpaired) electrons. The van der Waals surface area contributed by atoms with E-state index in [-0.39, 0.29) is 18.4 Å². The average molecular weight is 346 g/mol. The van der Waals surface area contributed by atoms with E-state index in [4.69, 9.17) is 23.2 Å². The van der Waals surface area contributed by atoms with E-state index in [0.717, 1.165) is 6.42 Å². The Morgan fingerprint density at radius 1 is 1.32 bits per heavy atom. The molecule has 0 unspecified atom stereocenters. The van der Waals surface area contributed by atoms with Crippen LogP contribution in [0, 0.1) is 0 Å². The standard InChI is InChI=1S/C15H21Cl2N3O2/c1-4-7-18-14(21)9-20(3)10(2)15(22)19-13-6-5-11(16)8-12(13)17/h5-6,8,10H,4,7,9H2,1-3H3,(H,18,21)(H,19,22)/t10-/m0/s1. The largest absolute Gasteiger partial charge is 0.355 e. The summed E-state index contributed by atoms with van der Waals surface area (Å²) in [4.78, 5) is 25.6. The number of carbonyl (C=O) groups is 2. The van der Waals surface area contributed by atoms with Gasteiger partial charge in [0.25, 0.3) is 0 Å². The van der Waals surface area contributed by atoms with Crippen molar-refractivity contribution < 1.29 is 9.59 Å². The minimum absolute atomic E-state index is 0.103. The third-order valence-corrected chi connectivity index (χ3v) is 3.74. The van der Waals surface area contributed by atoms with Crippen LogP contribution in [0.5, 0.6) is 0 Å². The van der Waals surface area contributed by atoms with E-state index >= 15 is 0 Å². The highest BCUT2D eigenvalue weighted by Crippen LogP contribution is 2.25. The second kappa shape index (κ2) is 8.98. The van der Waals surface area contributed by atoms with Gasteiger partial charge in [-0.15, -0.1) is 0 Å². The van der Waals surface area contributed by atoms with Crippen LogP contribution in [-0.4, -0.2) is 42.9 Å². The Morgan fingerprint density at radius 2 is 2.00 bits per heavy atom. The minimum Gasteiger partial charge on any atom is -0.355 e. The van der Waals surface area contributed by atoms with Crippen LogP contribution in [0.1, 0.15) is 20.3 Å². The molecule has 0 spiro atoms. The summed E-state index contributed by atoms with van der Waals surface area (Å²) in [6.45, 7) is 4.50. The van der Waals surface area contributed by atoms with E-state index < -0.39 is 6.04 Å². The van der Waals surface area contributed by atoms with Crippen molar-refractivity contribution in [3.05, 3.63) is 28.2 Å². The molecule has 1 aromatic rings. The number of carbonyl (C=O) groups excluding carboxylic acids is 2. The van der Waals surface area contributed by atoms with E-state index in [1.807, 2.05) is 6.92 Å². The van der Waals surface area contributed by atoms with E-state index in [9.17, 15) is 9.59 Å². The Balaban J connectivity index is 2.58. The van der Waals surface area contributed by atoms with Crippen molar-refractivity contribution in [3.8, 4) is 0 Å². The third kappa shape index (κ3) is 5.83. The molecule has 0 aliphatic heterocycles. The molecule has 7 heteroatoms. The van der Waals surface area contributed by atoms with E-state index in [2.05, 4.69) is 10.6 Å². The summed E-state index contributed by atoms with van der Waals surface area (Å²) in [7, 11) is 1.72. The highest BCUT2D eigenvalue weighted by molar-refractivity contribution is 6.36. The van der Waals surface area contributed by atoms with Crippen LogP contribution in [0.25, 0.3) is 0 Å². The Bertz CT molecular complexity index is 538. The molecule has 2 N–H and O–H groups in total. The number of hydrogen-bond donors (Lipinski definition) is 2. The molecule has 5 nitrogen and oxygen atoms in total. The molecule has 0 aromatic heterocycles. The Labute approximate surface area is 141 Å². The Hall–Kier alpha value is -1.30. The summed E-state index contributed by atoms with van der Waals surface area (Å²) >= 11 is 11.8. The number of nitrogens with zero attached hydrogens (tertiary/aromatic N) is 1. The number of halogens is 2. The van der Waals surface area contributed by atoms with Gasteiger partial charge in [-0.2, -0.15) is 0 Å². The molecule has 0 saturated heterocycles. The molecule has 2 amide bonds. The molecule has 0 aliphatic carbocycles. The number of benzene rings is 1. The Morgan fingerprint density at radius 3 is 2.59 bits per heavy atom. The van der Waals surface area contributed by atoms with Crippen molar-refractivity contribution in [1.29, 1.82) is 0 Å². The van der Waals surface area contributed by atoms with Crippen molar-refractivity contribution in [1.82, 2.24) is 10.2 Å². The van der Waals surface area contributed by atoms with Crippen molar-refractivity contribution in [2.45, 2.75) is 26.3 Å². The first-order valence-corrected chi connectivity index (χ1v) is 7.83. The van der Waals surface area contributed by atoms with Gasteiger partial charge in [-0.1, -0.05) is 30.1 Å². The monoisotopic (exact) mass is 345 g/mol. The lowest BCUT2D eigenvalue weighted by Gasteiger charge is -2.23. The summed E-state index contributed by atoms with van der Waals surface area (Å²) in [6.07, 6.45) is 0.876. The van der Waals surface area contributed by atoms with Gasteiger partial charge in [-0.3, -0.25) is 14.5 Å². The fourth-order valence-electron chi connectivity index (χ4n) is 1.71. The molecule has 0 saturated carbocycles. The molecule has 1 atom stereocenters. The zero-order chi connectivity index (χ0) is 16.7. The van der Waals surface area contributed by atoms with Gasteiger partial charge in [0.15, 0.2) is 0 Å². The van der Waals surface area contributed by atoms with Crippen molar-refractivity contribution in [2.75, 3.05) is 25.5 Å². The number of anilines is 1. The lowest BCUT2D eigenvalue weighted by atomic mass is 10.2. The first kappa shape index (κ1) is 18.7. The van der Waals surface area contributed by atoms with Gasteiger partial charge in [0.1, 0.15) is 0 Å². The maximum absolute atomic E-state index is 12.2. The van der Waals surface area contributed by atoms with Crippen LogP contribution in [0.3, 0.4) is 0 Å². The smallest absolute Gasteiger partial charge is 0.241 e. The zero-order valence-corrected chi connectivity index (χ0v) is 14.5. The zero-order valence-electron chi connectivity index (χ0n) is 13.0. The molecule has 0 bridgehead atoms. The average Bonchev–Trinajstić information content (AvgIpc) is 2.46. The number of hydrogen-bond acceptors (Lipinski definition) is 3. The van der Waals surface area contributed by atoms with Gasteiger partial charge in [0.05, 0.1) is 23.3 Å². The normalized spacial score (nSPS) is 12.1. The quantitative estimate of drug-likeness (QED) is 0.798. The summed E-state index contributed by atoms with van der Waals surface area (Å²) in [6, 6.07) is 4.38. The van der Waals surface area contributed by atoms with Crippen LogP contribution in [0.15, 0.2) is 18.2 Å². The first-order valence-electron chi connectivity index (χ1n) is 7.08. The first-order chi connectivity index (χ1) is 10.3. The summed E-state index contributed by atoms with van der Waals surface area (Å²) < 4.78 is 0. The maximum Gasteiger partial charge on any atom is 0.241 e. The SMILES string of the molecule is CCCNC(=O)CN(C)[C@@H](C)C(=O)Nc1ccc(Cl)cc1Cl. The second-order valence-corrected chi connectivity index (χ2v) is 5.90. The summed E-state index contributed by atoms with van der Waals surface area (Å²) in [5.74, 6) is -0.344. The molecule has 1 rings (SSSR count). The highest BCUT2D eigenvalue weighted by Gasteiger charge is 2.20. The second-order valence-electron chi connectivity index (χ2n) is 5.05. The number of likely N-dealkylation sites (N-methyl/N-ethyl adjacent to an activating group) is 1. The van der Waals surface area contributed by atoms with Gasteiger partial charge in [-0.05, 0) is 38.6 Å². The summed E-state index contributed by atoms with van der Waals surface area (Å²) in [5, 5.41) is 6.38. The molecule has 0 heterocycles. The van der Waals surface area contributed by atoms with E-state index in [1.54, 1.807) is 37.1 Å². The molecule has 22 heavy (non-hydrogen) atoms. The number of nitrogens with one attached hydrogen (secondary N) is 2. The van der Waals surface area contributed by atoms with Crippen molar-refractivity contribution >= 4 is 40.7 Å². The lowest BCUT2D eigenvalue weighted by Crippen LogP contribution is -2.44. The maximum atomic E-state index is 12.2. The third-order valence-electron chi connectivity index (χ3n) is 3.19. The highest BCUT2D eigenvalue weighted by atomic mass is 35.5. The van der Waals surface area contributed by atoms with Gasteiger partial charge >= 0.3 is 0 Å². The van der Waals surface area contributed by atoms with Gasteiger partial charge in [0.2, 0.25) is 11.8 Å². The van der Waals surface area contributed by atoms with Crippen molar-refractivity contribution in [3.63, 3.8) is 0 Å². The van der Waals surface area contributed by atoms with Crippen LogP contribution < -0.4 is 10.6 Å². The molecule has 0 fully saturated rings. The molecular formula is C15H21Cl2N3O2. The minimum atomic E-state index is -0.473. The summed E-state index contributed by atoms with van der Waals surface area (Å²) in [5.41, 5.74) is 0.492. The predicted octanol–water partition coefficient (Wildman–Crippen LogP) is 2.78. The number of rotatable bonds is 7. The fraction of sp³-hybridized carbons (Fsp3) is 0.467. The molecule has 0 aliphatic rings. The van der Waals surface area contributed by atoms with Crippen LogP contribution in [0.4, 0.5) is 5.69 Å². The van der Waals surface area contributed by atoms with Gasteiger partial charge in [0, 0.05) is 11.6 Å². The van der Waals surface area contributed by atoms with E-state index in [1.165, 1.54) is 0 Å². The fourth-order valence-corrected chi connectivity index (χ4v) is 2.17. The molecule has 1 aromatic carbocycles. The van der Waals surface area contributed by atoms with Crippen molar-refractivity contribution in [2.24, 2.45) is 0 Å². The predicted molar refractivity (Wildman–Crippen MR) is 90.5 cm³/mol. The van der Waals surface area contributed by atoms with Crippen LogP contribution in [0.2, 0.25) is 10.0 Å².